The Balaban J connectivity index is 0.816. The molecule has 0 aliphatic heterocycles. The molecule has 8 aromatic carbocycles. The van der Waals surface area contributed by atoms with E-state index >= 15 is 0 Å². The van der Waals surface area contributed by atoms with Crippen LogP contribution in [0, 0.1) is 0 Å². The van der Waals surface area contributed by atoms with Crippen LogP contribution in [0.4, 0.5) is 34.1 Å². The minimum absolute atomic E-state index is 0.825. The Bertz CT molecular complexity index is 3110. The molecule has 0 radical (unpaired) electrons. The number of hydrogen-bond acceptors (Lipinski definition) is 8. The lowest BCUT2D eigenvalue weighted by Gasteiger charge is -2.26. The Kier molecular flexibility index (Phi) is 13.3. The van der Waals surface area contributed by atoms with Gasteiger partial charge in [-0.1, -0.05) is 60.7 Å². The van der Waals surface area contributed by atoms with Crippen molar-refractivity contribution in [1.29, 1.82) is 0 Å². The third-order valence-electron chi connectivity index (χ3n) is 13.6. The van der Waals surface area contributed by atoms with Gasteiger partial charge in [0, 0.05) is 53.6 Å². The Hall–Kier alpha value is -8.04. The van der Waals surface area contributed by atoms with Crippen LogP contribution in [0.15, 0.2) is 206 Å². The average Bonchev–Trinajstić information content (AvgIpc) is 4.15. The van der Waals surface area contributed by atoms with Crippen molar-refractivity contribution in [2.45, 2.75) is 25.7 Å². The van der Waals surface area contributed by atoms with Crippen LogP contribution in [0.5, 0.6) is 23.0 Å². The van der Waals surface area contributed by atoms with E-state index in [-0.39, 0.29) is 0 Å². The molecule has 4 bridgehead atoms. The van der Waals surface area contributed by atoms with E-state index in [1.807, 2.05) is 71.2 Å². The fourth-order valence-electron chi connectivity index (χ4n) is 9.66. The van der Waals surface area contributed by atoms with Crippen LogP contribution in [-0.4, -0.2) is 28.4 Å². The first-order valence-corrected chi connectivity index (χ1v) is 25.9. The Labute approximate surface area is 430 Å². The molecule has 0 N–H and O–H groups in total. The zero-order valence-electron chi connectivity index (χ0n) is 40.8. The van der Waals surface area contributed by atoms with E-state index in [1.54, 1.807) is 28.4 Å². The van der Waals surface area contributed by atoms with Crippen molar-refractivity contribution < 1.29 is 18.9 Å². The van der Waals surface area contributed by atoms with E-state index in [0.717, 1.165) is 82.8 Å². The second-order valence-electron chi connectivity index (χ2n) is 17.9. The zero-order valence-corrected chi connectivity index (χ0v) is 42.4. The molecule has 4 aliphatic carbocycles. The lowest BCUT2D eigenvalue weighted by atomic mass is 9.90. The van der Waals surface area contributed by atoms with Crippen molar-refractivity contribution >= 4 is 56.8 Å². The largest absolute Gasteiger partial charge is 0.497 e. The predicted octanol–water partition coefficient (Wildman–Crippen LogP) is 17.3. The quantitative estimate of drug-likeness (QED) is 0.108. The summed E-state index contributed by atoms with van der Waals surface area (Å²) in [4.78, 5) is 9.64. The van der Waals surface area contributed by atoms with Gasteiger partial charge in [-0.25, -0.2) is 0 Å². The van der Waals surface area contributed by atoms with Gasteiger partial charge in [-0.2, -0.15) is 0 Å². The summed E-state index contributed by atoms with van der Waals surface area (Å²) in [6.45, 7) is 0. The first-order valence-electron chi connectivity index (χ1n) is 24.2. The smallest absolute Gasteiger partial charge is 0.119 e. The number of rotatable bonds is 14. The highest BCUT2D eigenvalue weighted by Gasteiger charge is 2.19. The van der Waals surface area contributed by atoms with Crippen molar-refractivity contribution in [1.82, 2.24) is 0 Å². The number of thiophene rings is 2. The van der Waals surface area contributed by atoms with Crippen molar-refractivity contribution in [3.8, 4) is 64.8 Å². The molecule has 0 saturated heterocycles. The number of anilines is 6. The molecule has 0 unspecified atom stereocenters. The van der Waals surface area contributed by atoms with Gasteiger partial charge < -0.3 is 28.7 Å². The second kappa shape index (κ2) is 20.7. The number of hydrogen-bond donors (Lipinski definition) is 0. The summed E-state index contributed by atoms with van der Waals surface area (Å²) < 4.78 is 21.9. The zero-order chi connectivity index (χ0) is 49.0. The molecule has 6 nitrogen and oxygen atoms in total. The highest BCUT2D eigenvalue weighted by Crippen LogP contribution is 2.43. The number of benzene rings is 8. The molecule has 0 atom stereocenters. The second-order valence-corrected chi connectivity index (χ2v) is 20.0. The minimum Gasteiger partial charge on any atom is -0.497 e. The van der Waals surface area contributed by atoms with E-state index in [0.29, 0.717) is 0 Å². The van der Waals surface area contributed by atoms with Crippen LogP contribution in [0.2, 0.25) is 0 Å². The molecule has 4 aliphatic rings. The van der Waals surface area contributed by atoms with E-state index < -0.39 is 0 Å². The molecule has 2 aromatic heterocycles. The molecule has 72 heavy (non-hydrogen) atoms. The summed E-state index contributed by atoms with van der Waals surface area (Å²) in [6.07, 6.45) is 3.87. The Morgan fingerprint density at radius 2 is 0.569 bits per heavy atom. The molecule has 0 fully saturated rings. The van der Waals surface area contributed by atoms with Crippen LogP contribution in [0.1, 0.15) is 22.3 Å². The van der Waals surface area contributed by atoms with Crippen LogP contribution < -0.4 is 28.7 Å². The van der Waals surface area contributed by atoms with Gasteiger partial charge in [0.25, 0.3) is 0 Å². The Morgan fingerprint density at radius 1 is 0.292 bits per heavy atom. The summed E-state index contributed by atoms with van der Waals surface area (Å²) in [5, 5.41) is 0. The normalized spacial score (nSPS) is 11.9. The third kappa shape index (κ3) is 9.71. The number of aryl methyl sites for hydroxylation is 4. The van der Waals surface area contributed by atoms with Crippen molar-refractivity contribution in [2.24, 2.45) is 0 Å². The predicted molar refractivity (Wildman–Crippen MR) is 301 cm³/mol. The van der Waals surface area contributed by atoms with Gasteiger partial charge >= 0.3 is 0 Å². The number of nitrogens with zero attached hydrogens (tertiary/aromatic N) is 2. The van der Waals surface area contributed by atoms with Gasteiger partial charge in [-0.3, -0.25) is 0 Å². The topological polar surface area (TPSA) is 43.4 Å². The molecular formula is C64H54N2O4S2. The molecule has 14 rings (SSSR count). The SMILES string of the molecule is COc1ccc(N(c2ccc(OC)cc2)c2ccc(-c3ccc(-c4cc5ccc4CCc4ccc(c(-c6ccc(-c7ccc(N(c8ccc(OC)cc8)c8ccc(OC)cc8)cc7)s6)c4)CC5)s3)cc2)cc1. The summed E-state index contributed by atoms with van der Waals surface area (Å²) in [5.41, 5.74) is 17.0. The summed E-state index contributed by atoms with van der Waals surface area (Å²) in [7, 11) is 6.78. The van der Waals surface area contributed by atoms with E-state index in [2.05, 4.69) is 168 Å². The molecule has 0 saturated carbocycles. The van der Waals surface area contributed by atoms with Crippen molar-refractivity contribution in [2.75, 3.05) is 38.2 Å². The highest BCUT2D eigenvalue weighted by molar-refractivity contribution is 7.19. The standard InChI is InChI=1S/C64H54N2O4S2/c1-67-55-29-21-51(22-30-55)65(52-23-31-56(68-2)32-24-52)49-17-13-47(14-18-49)61-37-39-63(71-61)59-41-43-5-9-45(59)11-7-44-6-10-46(12-8-43)60(42-44)64-40-38-62(72-64)48-15-19-50(20-16-48)66(53-25-33-57(69-3)34-26-53)54-27-35-58(70-4)36-28-54/h5-6,9-10,13-42H,7-8,11-12H2,1-4H3. The lowest BCUT2D eigenvalue weighted by Crippen LogP contribution is -2.09. The van der Waals surface area contributed by atoms with Gasteiger partial charge in [-0.15, -0.1) is 22.7 Å². The molecule has 8 heteroatoms. The van der Waals surface area contributed by atoms with Gasteiger partial charge in [0.1, 0.15) is 23.0 Å². The first-order chi connectivity index (χ1) is 35.4. The number of methoxy groups -OCH3 is 4. The Morgan fingerprint density at radius 3 is 0.861 bits per heavy atom. The number of ether oxygens (including phenoxy) is 4. The van der Waals surface area contributed by atoms with Crippen molar-refractivity contribution in [3.05, 3.63) is 229 Å². The summed E-state index contributed by atoms with van der Waals surface area (Å²) >= 11 is 3.75. The summed E-state index contributed by atoms with van der Waals surface area (Å²) in [6, 6.07) is 74.1. The monoisotopic (exact) mass is 978 g/mol. The molecule has 0 spiro atoms. The molecular weight excluding hydrogens is 925 g/mol. The van der Waals surface area contributed by atoms with Crippen LogP contribution in [0.25, 0.3) is 41.8 Å². The van der Waals surface area contributed by atoms with Gasteiger partial charge in [-0.05, 0) is 216 Å². The van der Waals surface area contributed by atoms with Crippen LogP contribution in [0.3, 0.4) is 0 Å². The summed E-state index contributed by atoms with van der Waals surface area (Å²) in [5.74, 6) is 3.30. The van der Waals surface area contributed by atoms with Gasteiger partial charge in [0.05, 0.1) is 28.4 Å². The molecule has 2 heterocycles. The maximum atomic E-state index is 5.47. The lowest BCUT2D eigenvalue weighted by molar-refractivity contribution is 0.414. The first kappa shape index (κ1) is 46.3. The van der Waals surface area contributed by atoms with Crippen molar-refractivity contribution in [3.63, 3.8) is 0 Å². The van der Waals surface area contributed by atoms with Crippen LogP contribution >= 0.6 is 22.7 Å². The maximum Gasteiger partial charge on any atom is 0.119 e. The average molecular weight is 979 g/mol. The van der Waals surface area contributed by atoms with E-state index in [4.69, 9.17) is 18.9 Å². The maximum absolute atomic E-state index is 5.47. The fraction of sp³-hybridized carbons (Fsp3) is 0.125. The van der Waals surface area contributed by atoms with Crippen LogP contribution in [-0.2, 0) is 25.7 Å². The fourth-order valence-corrected chi connectivity index (χ4v) is 11.8. The minimum atomic E-state index is 0.825. The highest BCUT2D eigenvalue weighted by atomic mass is 32.1. The molecule has 0 amide bonds. The van der Waals surface area contributed by atoms with Gasteiger partial charge in [0.15, 0.2) is 0 Å². The molecule has 10 aromatic rings. The van der Waals surface area contributed by atoms with Gasteiger partial charge in [0.2, 0.25) is 0 Å². The van der Waals surface area contributed by atoms with E-state index in [1.165, 1.54) is 64.0 Å². The molecule has 356 valence electrons. The van der Waals surface area contributed by atoms with E-state index in [9.17, 15) is 0 Å². The third-order valence-corrected chi connectivity index (χ3v) is 15.9.